The lowest BCUT2D eigenvalue weighted by atomic mass is 10.2. The number of methoxy groups -OCH3 is 1. The molecular formula is C25H28N2O5S. The van der Waals surface area contributed by atoms with Crippen LogP contribution in [0.4, 0.5) is 11.4 Å². The predicted octanol–water partition coefficient (Wildman–Crippen LogP) is 4.91. The van der Waals surface area contributed by atoms with Crippen molar-refractivity contribution < 1.29 is 22.7 Å². The fourth-order valence-corrected chi connectivity index (χ4v) is 4.27. The molecule has 7 nitrogen and oxygen atoms in total. The second-order valence-corrected chi connectivity index (χ2v) is 9.29. The van der Waals surface area contributed by atoms with Gasteiger partial charge >= 0.3 is 0 Å². The summed E-state index contributed by atoms with van der Waals surface area (Å²) in [6.45, 7) is 5.64. The minimum atomic E-state index is -3.84. The number of amides is 1. The van der Waals surface area contributed by atoms with Crippen LogP contribution in [0, 0.1) is 13.8 Å². The number of carbonyl (C=O) groups is 1. The Bertz CT molecular complexity index is 1220. The summed E-state index contributed by atoms with van der Waals surface area (Å²) in [5.74, 6) is 0.768. The molecule has 8 heteroatoms. The highest BCUT2D eigenvalue weighted by atomic mass is 32.2. The molecule has 0 aromatic heterocycles. The molecule has 0 aliphatic rings. The quantitative estimate of drug-likeness (QED) is 0.465. The SMILES string of the molecule is CCC(Oc1ccccc1C)C(=O)Nc1ccc(S(=O)(=O)Nc2cc(C)ccc2OC)cc1. The molecule has 1 amide bonds. The van der Waals surface area contributed by atoms with Crippen molar-refractivity contribution in [3.8, 4) is 11.5 Å². The molecule has 0 saturated heterocycles. The van der Waals surface area contributed by atoms with E-state index in [0.717, 1.165) is 11.1 Å². The molecule has 1 atom stereocenters. The molecule has 3 aromatic carbocycles. The number of nitrogens with one attached hydrogen (secondary N) is 2. The minimum absolute atomic E-state index is 0.0623. The van der Waals surface area contributed by atoms with Crippen LogP contribution in [0.15, 0.2) is 71.6 Å². The van der Waals surface area contributed by atoms with Gasteiger partial charge in [-0.25, -0.2) is 8.42 Å². The van der Waals surface area contributed by atoms with Crippen molar-refractivity contribution in [3.05, 3.63) is 77.9 Å². The molecule has 0 heterocycles. The molecule has 0 bridgehead atoms. The average molecular weight is 469 g/mol. The topological polar surface area (TPSA) is 93.7 Å². The Hall–Kier alpha value is -3.52. The van der Waals surface area contributed by atoms with Crippen LogP contribution < -0.4 is 19.5 Å². The zero-order valence-electron chi connectivity index (χ0n) is 19.1. The summed E-state index contributed by atoms with van der Waals surface area (Å²) in [4.78, 5) is 12.8. The van der Waals surface area contributed by atoms with Gasteiger partial charge in [0.1, 0.15) is 11.5 Å². The van der Waals surface area contributed by atoms with E-state index in [9.17, 15) is 13.2 Å². The second-order valence-electron chi connectivity index (χ2n) is 7.60. The van der Waals surface area contributed by atoms with E-state index < -0.39 is 16.1 Å². The number of hydrogen-bond acceptors (Lipinski definition) is 5. The van der Waals surface area contributed by atoms with Crippen LogP contribution in [0.3, 0.4) is 0 Å². The van der Waals surface area contributed by atoms with Crippen LogP contribution in [-0.2, 0) is 14.8 Å². The van der Waals surface area contributed by atoms with Crippen LogP contribution in [-0.4, -0.2) is 27.5 Å². The summed E-state index contributed by atoms with van der Waals surface area (Å²) in [5.41, 5.74) is 2.66. The summed E-state index contributed by atoms with van der Waals surface area (Å²) >= 11 is 0. The molecule has 1 unspecified atom stereocenters. The Morgan fingerprint density at radius 1 is 0.970 bits per heavy atom. The molecular weight excluding hydrogens is 440 g/mol. The molecule has 0 aliphatic heterocycles. The molecule has 33 heavy (non-hydrogen) atoms. The second kappa shape index (κ2) is 10.4. The number of anilines is 2. The average Bonchev–Trinajstić information content (AvgIpc) is 2.78. The molecule has 0 spiro atoms. The van der Waals surface area contributed by atoms with Gasteiger partial charge in [-0.2, -0.15) is 0 Å². The Morgan fingerprint density at radius 2 is 1.67 bits per heavy atom. The lowest BCUT2D eigenvalue weighted by molar-refractivity contribution is -0.122. The maximum Gasteiger partial charge on any atom is 0.265 e. The minimum Gasteiger partial charge on any atom is -0.495 e. The summed E-state index contributed by atoms with van der Waals surface area (Å²) in [6.07, 6.45) is -0.195. The van der Waals surface area contributed by atoms with E-state index in [1.165, 1.54) is 19.2 Å². The summed E-state index contributed by atoms with van der Waals surface area (Å²) in [6, 6.07) is 18.7. The fourth-order valence-electron chi connectivity index (χ4n) is 3.21. The first-order valence-electron chi connectivity index (χ1n) is 10.5. The number of ether oxygens (including phenoxy) is 2. The molecule has 0 fully saturated rings. The molecule has 174 valence electrons. The highest BCUT2D eigenvalue weighted by Gasteiger charge is 2.20. The number of carbonyl (C=O) groups excluding carboxylic acids is 1. The molecule has 2 N–H and O–H groups in total. The summed E-state index contributed by atoms with van der Waals surface area (Å²) in [5, 5.41) is 2.79. The number of sulfonamides is 1. The lowest BCUT2D eigenvalue weighted by Gasteiger charge is -2.18. The van der Waals surface area contributed by atoms with Crippen molar-refractivity contribution in [2.75, 3.05) is 17.1 Å². The first kappa shape index (κ1) is 24.1. The van der Waals surface area contributed by atoms with E-state index in [4.69, 9.17) is 9.47 Å². The van der Waals surface area contributed by atoms with Gasteiger partial charge in [-0.05, 0) is 73.9 Å². The number of para-hydroxylation sites is 1. The third kappa shape index (κ3) is 6.04. The van der Waals surface area contributed by atoms with Crippen LogP contribution in [0.25, 0.3) is 0 Å². The molecule has 0 saturated carbocycles. The highest BCUT2D eigenvalue weighted by Crippen LogP contribution is 2.28. The number of hydrogen-bond donors (Lipinski definition) is 2. The van der Waals surface area contributed by atoms with E-state index in [1.807, 2.05) is 51.1 Å². The van der Waals surface area contributed by atoms with Gasteiger partial charge in [0.15, 0.2) is 6.10 Å². The zero-order chi connectivity index (χ0) is 24.0. The normalized spacial score (nSPS) is 12.0. The van der Waals surface area contributed by atoms with Crippen LogP contribution in [0.1, 0.15) is 24.5 Å². The Balaban J connectivity index is 1.71. The van der Waals surface area contributed by atoms with Crippen LogP contribution >= 0.6 is 0 Å². The number of benzene rings is 3. The number of rotatable bonds is 9. The number of aryl methyl sites for hydroxylation is 2. The van der Waals surface area contributed by atoms with Gasteiger partial charge in [0.05, 0.1) is 17.7 Å². The third-order valence-corrected chi connectivity index (χ3v) is 6.44. The molecule has 3 rings (SSSR count). The predicted molar refractivity (Wildman–Crippen MR) is 129 cm³/mol. The van der Waals surface area contributed by atoms with Gasteiger partial charge in [-0.3, -0.25) is 9.52 Å². The highest BCUT2D eigenvalue weighted by molar-refractivity contribution is 7.92. The van der Waals surface area contributed by atoms with Crippen LogP contribution in [0.5, 0.6) is 11.5 Å². The first-order valence-corrected chi connectivity index (χ1v) is 12.0. The Labute approximate surface area is 194 Å². The maximum atomic E-state index is 12.8. The van der Waals surface area contributed by atoms with E-state index in [1.54, 1.807) is 24.3 Å². The van der Waals surface area contributed by atoms with Crippen molar-refractivity contribution in [3.63, 3.8) is 0 Å². The third-order valence-electron chi connectivity index (χ3n) is 5.06. The van der Waals surface area contributed by atoms with Gasteiger partial charge in [-0.1, -0.05) is 31.2 Å². The van der Waals surface area contributed by atoms with Gasteiger partial charge < -0.3 is 14.8 Å². The van der Waals surface area contributed by atoms with Crippen LogP contribution in [0.2, 0.25) is 0 Å². The zero-order valence-corrected chi connectivity index (χ0v) is 19.9. The van der Waals surface area contributed by atoms with Crippen molar-refractivity contribution in [2.24, 2.45) is 0 Å². The molecule has 0 aliphatic carbocycles. The Morgan fingerprint density at radius 3 is 2.30 bits per heavy atom. The monoisotopic (exact) mass is 468 g/mol. The van der Waals surface area contributed by atoms with Crippen molar-refractivity contribution >= 4 is 27.3 Å². The maximum absolute atomic E-state index is 12.8. The summed E-state index contributed by atoms with van der Waals surface area (Å²) in [7, 11) is -2.36. The smallest absolute Gasteiger partial charge is 0.265 e. The van der Waals surface area contributed by atoms with Crippen molar-refractivity contribution in [1.29, 1.82) is 0 Å². The lowest BCUT2D eigenvalue weighted by Crippen LogP contribution is -2.32. The van der Waals surface area contributed by atoms with E-state index in [2.05, 4.69) is 10.0 Å². The largest absolute Gasteiger partial charge is 0.495 e. The standard InChI is InChI=1S/C25H28N2O5S/c1-5-22(32-23-9-7-6-8-18(23)3)25(28)26-19-11-13-20(14-12-19)33(29,30)27-21-16-17(2)10-15-24(21)31-4/h6-16,22,27H,5H2,1-4H3,(H,26,28). The summed E-state index contributed by atoms with van der Waals surface area (Å²) < 4.78 is 39.3. The fraction of sp³-hybridized carbons (Fsp3) is 0.240. The van der Waals surface area contributed by atoms with Crippen molar-refractivity contribution in [1.82, 2.24) is 0 Å². The van der Waals surface area contributed by atoms with Gasteiger partial charge in [-0.15, -0.1) is 0 Å². The van der Waals surface area contributed by atoms with Crippen molar-refractivity contribution in [2.45, 2.75) is 38.2 Å². The van der Waals surface area contributed by atoms with Gasteiger partial charge in [0, 0.05) is 5.69 Å². The van der Waals surface area contributed by atoms with E-state index >= 15 is 0 Å². The van der Waals surface area contributed by atoms with Gasteiger partial charge in [0.2, 0.25) is 0 Å². The molecule has 3 aromatic rings. The first-order chi connectivity index (χ1) is 15.7. The molecule has 0 radical (unpaired) electrons. The van der Waals surface area contributed by atoms with E-state index in [0.29, 0.717) is 29.3 Å². The van der Waals surface area contributed by atoms with E-state index in [-0.39, 0.29) is 10.8 Å². The van der Waals surface area contributed by atoms with Gasteiger partial charge in [0.25, 0.3) is 15.9 Å². The Kier molecular flexibility index (Phi) is 7.60.